The van der Waals surface area contributed by atoms with Gasteiger partial charge in [0.05, 0.1) is 16.8 Å². The summed E-state index contributed by atoms with van der Waals surface area (Å²) in [6.07, 6.45) is 2.59. The Hall–Kier alpha value is -2.95. The molecule has 0 aliphatic heterocycles. The quantitative estimate of drug-likeness (QED) is 0.509. The molecular weight excluding hydrogens is 278 g/mol. The van der Waals surface area contributed by atoms with E-state index in [1.54, 1.807) is 6.07 Å². The van der Waals surface area contributed by atoms with Crippen molar-refractivity contribution in [3.8, 4) is 0 Å². The van der Waals surface area contributed by atoms with E-state index < -0.39 is 4.92 Å². The first-order valence-corrected chi connectivity index (χ1v) is 6.83. The van der Waals surface area contributed by atoms with E-state index in [2.05, 4.69) is 10.3 Å². The van der Waals surface area contributed by atoms with Crippen molar-refractivity contribution in [3.05, 3.63) is 81.7 Å². The molecule has 0 spiro atoms. The maximum Gasteiger partial charge on any atom is 0.303 e. The number of aryl methyl sites for hydroxylation is 2. The molecule has 22 heavy (non-hydrogen) atoms. The Morgan fingerprint density at radius 1 is 1.14 bits per heavy atom. The van der Waals surface area contributed by atoms with Crippen LogP contribution in [0.5, 0.6) is 0 Å². The maximum absolute atomic E-state index is 11.1. The first kappa shape index (κ1) is 15.4. The molecule has 0 aliphatic carbocycles. The number of anilines is 1. The summed E-state index contributed by atoms with van der Waals surface area (Å²) >= 11 is 0. The lowest BCUT2D eigenvalue weighted by Crippen LogP contribution is -2.03. The zero-order valence-electron chi connectivity index (χ0n) is 12.5. The summed E-state index contributed by atoms with van der Waals surface area (Å²) < 4.78 is 0. The molecule has 0 aromatic heterocycles. The molecule has 0 saturated heterocycles. The van der Waals surface area contributed by atoms with Gasteiger partial charge in [0.25, 0.3) is 0 Å². The number of nitro groups is 1. The first-order chi connectivity index (χ1) is 10.5. The normalized spacial score (nSPS) is 11.6. The standard InChI is InChI=1S/C17H17N3O2/c1-13-5-3-7-15(9-13)18-11-17(20(21)22)12-19-16-8-4-6-14(2)10-16/h3-12,18H,1-2H3. The smallest absolute Gasteiger partial charge is 0.303 e. The lowest BCUT2D eigenvalue weighted by molar-refractivity contribution is -0.414. The average Bonchev–Trinajstić information content (AvgIpc) is 2.47. The summed E-state index contributed by atoms with van der Waals surface area (Å²) in [6.45, 7) is 3.91. The molecule has 0 amide bonds. The second-order valence-electron chi connectivity index (χ2n) is 4.94. The molecule has 0 heterocycles. The Kier molecular flexibility index (Phi) is 5.03. The van der Waals surface area contributed by atoms with Gasteiger partial charge in [0.15, 0.2) is 0 Å². The van der Waals surface area contributed by atoms with Gasteiger partial charge in [0, 0.05) is 5.69 Å². The number of hydrogen-bond acceptors (Lipinski definition) is 4. The molecule has 2 aromatic rings. The molecule has 0 aliphatic rings. The van der Waals surface area contributed by atoms with E-state index in [0.717, 1.165) is 16.8 Å². The van der Waals surface area contributed by atoms with Gasteiger partial charge in [0.1, 0.15) is 6.21 Å². The molecule has 2 rings (SSSR count). The predicted molar refractivity (Wildman–Crippen MR) is 89.2 cm³/mol. The highest BCUT2D eigenvalue weighted by Crippen LogP contribution is 2.14. The van der Waals surface area contributed by atoms with Crippen LogP contribution in [0.2, 0.25) is 0 Å². The lowest BCUT2D eigenvalue weighted by Gasteiger charge is -2.01. The van der Waals surface area contributed by atoms with Crippen LogP contribution >= 0.6 is 0 Å². The van der Waals surface area contributed by atoms with Crippen molar-refractivity contribution in [2.24, 2.45) is 4.99 Å². The van der Waals surface area contributed by atoms with Crippen molar-refractivity contribution < 1.29 is 4.92 Å². The molecule has 0 atom stereocenters. The number of nitrogens with one attached hydrogen (secondary N) is 1. The van der Waals surface area contributed by atoms with Crippen LogP contribution in [0.15, 0.2) is 65.4 Å². The third-order valence-corrected chi connectivity index (χ3v) is 2.96. The highest BCUT2D eigenvalue weighted by atomic mass is 16.6. The van der Waals surface area contributed by atoms with E-state index in [0.29, 0.717) is 5.69 Å². The SMILES string of the molecule is Cc1cccc(N=CC(=CNc2cccc(C)c2)[N+](=O)[O-])c1. The van der Waals surface area contributed by atoms with Crippen LogP contribution in [0, 0.1) is 24.0 Å². The third kappa shape index (κ3) is 4.56. The van der Waals surface area contributed by atoms with Gasteiger partial charge in [-0.25, -0.2) is 4.99 Å². The summed E-state index contributed by atoms with van der Waals surface area (Å²) in [5.74, 6) is 0. The van der Waals surface area contributed by atoms with Crippen LogP contribution in [0.3, 0.4) is 0 Å². The van der Waals surface area contributed by atoms with Gasteiger partial charge in [-0.05, 0) is 49.2 Å². The zero-order chi connectivity index (χ0) is 15.9. The summed E-state index contributed by atoms with van der Waals surface area (Å²) in [7, 11) is 0. The van der Waals surface area contributed by atoms with Gasteiger partial charge >= 0.3 is 5.70 Å². The number of rotatable bonds is 5. The third-order valence-electron chi connectivity index (χ3n) is 2.96. The van der Waals surface area contributed by atoms with Crippen molar-refractivity contribution in [1.82, 2.24) is 0 Å². The minimum atomic E-state index is -0.470. The van der Waals surface area contributed by atoms with E-state index in [4.69, 9.17) is 0 Å². The molecule has 1 N–H and O–H groups in total. The van der Waals surface area contributed by atoms with E-state index in [1.165, 1.54) is 12.4 Å². The highest BCUT2D eigenvalue weighted by Gasteiger charge is 2.06. The first-order valence-electron chi connectivity index (χ1n) is 6.83. The van der Waals surface area contributed by atoms with Crippen molar-refractivity contribution >= 4 is 17.6 Å². The van der Waals surface area contributed by atoms with E-state index in [9.17, 15) is 10.1 Å². The summed E-state index contributed by atoms with van der Waals surface area (Å²) in [4.78, 5) is 14.8. The van der Waals surface area contributed by atoms with Crippen LogP contribution < -0.4 is 5.32 Å². The monoisotopic (exact) mass is 295 g/mol. The Morgan fingerprint density at radius 3 is 2.45 bits per heavy atom. The molecule has 5 heteroatoms. The molecular formula is C17H17N3O2. The zero-order valence-corrected chi connectivity index (χ0v) is 12.5. The Balaban J connectivity index is 2.16. The van der Waals surface area contributed by atoms with E-state index >= 15 is 0 Å². The lowest BCUT2D eigenvalue weighted by atomic mass is 10.2. The Labute approximate surface area is 129 Å². The average molecular weight is 295 g/mol. The summed E-state index contributed by atoms with van der Waals surface area (Å²) in [5, 5.41) is 14.0. The molecule has 112 valence electrons. The van der Waals surface area contributed by atoms with Crippen LogP contribution in [-0.2, 0) is 0 Å². The molecule has 0 radical (unpaired) electrons. The molecule has 5 nitrogen and oxygen atoms in total. The topological polar surface area (TPSA) is 67.5 Å². The predicted octanol–water partition coefficient (Wildman–Crippen LogP) is 4.24. The minimum Gasteiger partial charge on any atom is -0.356 e. The van der Waals surface area contributed by atoms with Gasteiger partial charge in [0.2, 0.25) is 0 Å². The number of nitrogens with zero attached hydrogens (tertiary/aromatic N) is 2. The summed E-state index contributed by atoms with van der Waals surface area (Å²) in [5.41, 5.74) is 3.50. The fourth-order valence-corrected chi connectivity index (χ4v) is 1.88. The number of aliphatic imine (C=N–C) groups is 1. The number of benzene rings is 2. The van der Waals surface area contributed by atoms with E-state index in [-0.39, 0.29) is 5.70 Å². The van der Waals surface area contributed by atoms with Crippen LogP contribution in [0.1, 0.15) is 11.1 Å². The van der Waals surface area contributed by atoms with Crippen LogP contribution in [0.25, 0.3) is 0 Å². The number of allylic oxidation sites excluding steroid dienone is 1. The van der Waals surface area contributed by atoms with Gasteiger partial charge in [-0.15, -0.1) is 0 Å². The Bertz CT molecular complexity index is 736. The van der Waals surface area contributed by atoms with Crippen molar-refractivity contribution in [2.75, 3.05) is 5.32 Å². The second-order valence-corrected chi connectivity index (χ2v) is 4.94. The van der Waals surface area contributed by atoms with Crippen molar-refractivity contribution in [3.63, 3.8) is 0 Å². The van der Waals surface area contributed by atoms with Gasteiger partial charge < -0.3 is 5.32 Å². The highest BCUT2D eigenvalue weighted by molar-refractivity contribution is 5.78. The fourth-order valence-electron chi connectivity index (χ4n) is 1.88. The fraction of sp³-hybridized carbons (Fsp3) is 0.118. The van der Waals surface area contributed by atoms with Crippen LogP contribution in [0.4, 0.5) is 11.4 Å². The Morgan fingerprint density at radius 2 is 1.82 bits per heavy atom. The second kappa shape index (κ2) is 7.17. The van der Waals surface area contributed by atoms with Crippen LogP contribution in [-0.4, -0.2) is 11.1 Å². The molecule has 0 saturated carbocycles. The largest absolute Gasteiger partial charge is 0.356 e. The van der Waals surface area contributed by atoms with Crippen molar-refractivity contribution in [2.45, 2.75) is 13.8 Å². The van der Waals surface area contributed by atoms with E-state index in [1.807, 2.05) is 56.3 Å². The maximum atomic E-state index is 11.1. The summed E-state index contributed by atoms with van der Waals surface area (Å²) in [6, 6.07) is 15.1. The van der Waals surface area contributed by atoms with Gasteiger partial charge in [-0.2, -0.15) is 0 Å². The molecule has 0 fully saturated rings. The molecule has 2 aromatic carbocycles. The minimum absolute atomic E-state index is 0.108. The molecule has 0 unspecified atom stereocenters. The van der Waals surface area contributed by atoms with Gasteiger partial charge in [-0.3, -0.25) is 10.1 Å². The number of hydrogen-bond donors (Lipinski definition) is 1. The van der Waals surface area contributed by atoms with Crippen molar-refractivity contribution in [1.29, 1.82) is 0 Å². The van der Waals surface area contributed by atoms with Gasteiger partial charge in [-0.1, -0.05) is 24.3 Å². The molecule has 0 bridgehead atoms.